The highest BCUT2D eigenvalue weighted by molar-refractivity contribution is 7.85. The number of rotatable bonds is 8. The standard InChI is InChI=1S/C14H23NO2S/c1-3-5-10-18(16)11-13(15)12-8-6-7-9-14(12)17-4-2/h6-9,13H,3-5,10-11,15H2,1-2H3. The molecule has 4 heteroatoms. The van der Waals surface area contributed by atoms with Gasteiger partial charge in [0.1, 0.15) is 5.75 Å². The van der Waals surface area contributed by atoms with Gasteiger partial charge >= 0.3 is 0 Å². The first-order chi connectivity index (χ1) is 8.69. The highest BCUT2D eigenvalue weighted by Gasteiger charge is 2.14. The highest BCUT2D eigenvalue weighted by atomic mass is 32.2. The summed E-state index contributed by atoms with van der Waals surface area (Å²) in [5.74, 6) is 2.05. The Morgan fingerprint density at radius 3 is 2.72 bits per heavy atom. The van der Waals surface area contributed by atoms with Gasteiger partial charge in [-0.25, -0.2) is 0 Å². The molecule has 0 saturated heterocycles. The van der Waals surface area contributed by atoms with E-state index < -0.39 is 10.8 Å². The van der Waals surface area contributed by atoms with Crippen molar-refractivity contribution in [3.8, 4) is 5.75 Å². The van der Waals surface area contributed by atoms with E-state index in [2.05, 4.69) is 6.92 Å². The minimum absolute atomic E-state index is 0.217. The maximum atomic E-state index is 11.8. The third-order valence-corrected chi connectivity index (χ3v) is 4.18. The molecule has 102 valence electrons. The van der Waals surface area contributed by atoms with Crippen LogP contribution in [0.5, 0.6) is 5.75 Å². The molecule has 1 rings (SSSR count). The van der Waals surface area contributed by atoms with Crippen LogP contribution in [0, 0.1) is 0 Å². The van der Waals surface area contributed by atoms with E-state index in [1.807, 2.05) is 31.2 Å². The van der Waals surface area contributed by atoms with Crippen LogP contribution in [0.1, 0.15) is 38.3 Å². The Balaban J connectivity index is 2.65. The average Bonchev–Trinajstić information content (AvgIpc) is 2.37. The molecular formula is C14H23NO2S. The monoisotopic (exact) mass is 269 g/mol. The van der Waals surface area contributed by atoms with E-state index >= 15 is 0 Å². The van der Waals surface area contributed by atoms with Crippen LogP contribution in [0.4, 0.5) is 0 Å². The van der Waals surface area contributed by atoms with Gasteiger partial charge in [-0.05, 0) is 19.4 Å². The summed E-state index contributed by atoms with van der Waals surface area (Å²) >= 11 is 0. The number of unbranched alkanes of at least 4 members (excludes halogenated alkanes) is 1. The van der Waals surface area contributed by atoms with Crippen molar-refractivity contribution in [1.29, 1.82) is 0 Å². The van der Waals surface area contributed by atoms with Gasteiger partial charge in [0, 0.05) is 33.9 Å². The Labute approximate surface area is 112 Å². The van der Waals surface area contributed by atoms with Crippen molar-refractivity contribution in [2.75, 3.05) is 18.1 Å². The SMILES string of the molecule is CCCCS(=O)CC(N)c1ccccc1OCC. The zero-order valence-electron chi connectivity index (χ0n) is 11.2. The molecule has 0 amide bonds. The highest BCUT2D eigenvalue weighted by Crippen LogP contribution is 2.24. The second kappa shape index (κ2) is 8.27. The molecule has 2 atom stereocenters. The molecule has 0 fully saturated rings. The van der Waals surface area contributed by atoms with Crippen LogP contribution >= 0.6 is 0 Å². The van der Waals surface area contributed by atoms with Crippen molar-refractivity contribution in [3.05, 3.63) is 29.8 Å². The van der Waals surface area contributed by atoms with Crippen molar-refractivity contribution in [2.45, 2.75) is 32.7 Å². The molecule has 0 heterocycles. The Kier molecular flexibility index (Phi) is 6.98. The minimum atomic E-state index is -0.843. The van der Waals surface area contributed by atoms with Gasteiger partial charge in [0.2, 0.25) is 0 Å². The quantitative estimate of drug-likeness (QED) is 0.789. The molecule has 0 radical (unpaired) electrons. The molecule has 0 bridgehead atoms. The van der Waals surface area contributed by atoms with Gasteiger partial charge in [-0.15, -0.1) is 0 Å². The topological polar surface area (TPSA) is 52.3 Å². The van der Waals surface area contributed by atoms with E-state index in [1.165, 1.54) is 0 Å². The zero-order chi connectivity index (χ0) is 13.4. The Morgan fingerprint density at radius 1 is 1.33 bits per heavy atom. The van der Waals surface area contributed by atoms with Gasteiger partial charge in [-0.3, -0.25) is 4.21 Å². The first-order valence-electron chi connectivity index (χ1n) is 6.51. The lowest BCUT2D eigenvalue weighted by Gasteiger charge is -2.16. The van der Waals surface area contributed by atoms with E-state index in [9.17, 15) is 4.21 Å². The zero-order valence-corrected chi connectivity index (χ0v) is 12.0. The first kappa shape index (κ1) is 15.2. The second-order valence-electron chi connectivity index (χ2n) is 4.24. The molecule has 0 aliphatic carbocycles. The summed E-state index contributed by atoms with van der Waals surface area (Å²) in [5.41, 5.74) is 7.07. The van der Waals surface area contributed by atoms with Crippen LogP contribution < -0.4 is 10.5 Å². The Hall–Kier alpha value is -0.870. The van der Waals surface area contributed by atoms with Crippen LogP contribution in [0.15, 0.2) is 24.3 Å². The predicted octanol–water partition coefficient (Wildman–Crippen LogP) is 2.63. The predicted molar refractivity (Wildman–Crippen MR) is 77.3 cm³/mol. The molecule has 3 nitrogen and oxygen atoms in total. The number of ether oxygens (including phenoxy) is 1. The van der Waals surface area contributed by atoms with Crippen molar-refractivity contribution in [3.63, 3.8) is 0 Å². The number of nitrogens with two attached hydrogens (primary N) is 1. The molecule has 0 spiro atoms. The maximum absolute atomic E-state index is 11.8. The maximum Gasteiger partial charge on any atom is 0.124 e. The smallest absolute Gasteiger partial charge is 0.124 e. The fourth-order valence-electron chi connectivity index (χ4n) is 1.75. The molecular weight excluding hydrogens is 246 g/mol. The van der Waals surface area contributed by atoms with Crippen LogP contribution in [0.2, 0.25) is 0 Å². The van der Waals surface area contributed by atoms with Crippen molar-refractivity contribution in [2.24, 2.45) is 5.73 Å². The van der Waals surface area contributed by atoms with Gasteiger partial charge in [0.15, 0.2) is 0 Å². The molecule has 2 N–H and O–H groups in total. The summed E-state index contributed by atoms with van der Waals surface area (Å²) in [4.78, 5) is 0. The summed E-state index contributed by atoms with van der Waals surface area (Å²) in [7, 11) is -0.843. The van der Waals surface area contributed by atoms with Gasteiger partial charge < -0.3 is 10.5 Å². The first-order valence-corrected chi connectivity index (χ1v) is 8.00. The molecule has 1 aromatic carbocycles. The number of hydrogen-bond donors (Lipinski definition) is 1. The lowest BCUT2D eigenvalue weighted by molar-refractivity contribution is 0.335. The van der Waals surface area contributed by atoms with E-state index in [-0.39, 0.29) is 6.04 Å². The van der Waals surface area contributed by atoms with Crippen molar-refractivity contribution >= 4 is 10.8 Å². The average molecular weight is 269 g/mol. The number of hydrogen-bond acceptors (Lipinski definition) is 3. The van der Waals surface area contributed by atoms with E-state index in [4.69, 9.17) is 10.5 Å². The van der Waals surface area contributed by atoms with Crippen LogP contribution in [0.3, 0.4) is 0 Å². The largest absolute Gasteiger partial charge is 0.494 e. The van der Waals surface area contributed by atoms with Crippen LogP contribution in [-0.4, -0.2) is 22.3 Å². The molecule has 0 saturated carbocycles. The second-order valence-corrected chi connectivity index (χ2v) is 5.86. The molecule has 0 aromatic heterocycles. The lowest BCUT2D eigenvalue weighted by atomic mass is 10.1. The van der Waals surface area contributed by atoms with Crippen molar-refractivity contribution < 1.29 is 8.95 Å². The van der Waals surface area contributed by atoms with Crippen molar-refractivity contribution in [1.82, 2.24) is 0 Å². The Bertz CT molecular complexity index is 382. The molecule has 2 unspecified atom stereocenters. The number of para-hydroxylation sites is 1. The third kappa shape index (κ3) is 4.78. The molecule has 18 heavy (non-hydrogen) atoms. The number of benzene rings is 1. The summed E-state index contributed by atoms with van der Waals surface area (Å²) in [6, 6.07) is 7.51. The van der Waals surface area contributed by atoms with Gasteiger partial charge in [-0.2, -0.15) is 0 Å². The third-order valence-electron chi connectivity index (χ3n) is 2.71. The van der Waals surface area contributed by atoms with E-state index in [0.717, 1.165) is 29.9 Å². The summed E-state index contributed by atoms with van der Waals surface area (Å²) in [5, 5.41) is 0. The van der Waals surface area contributed by atoms with Crippen LogP contribution in [0.25, 0.3) is 0 Å². The van der Waals surface area contributed by atoms with Gasteiger partial charge in [-0.1, -0.05) is 31.5 Å². The normalized spacial score (nSPS) is 14.2. The van der Waals surface area contributed by atoms with E-state index in [1.54, 1.807) is 0 Å². The fraction of sp³-hybridized carbons (Fsp3) is 0.571. The lowest BCUT2D eigenvalue weighted by Crippen LogP contribution is -2.20. The minimum Gasteiger partial charge on any atom is -0.494 e. The van der Waals surface area contributed by atoms with E-state index in [0.29, 0.717) is 12.4 Å². The summed E-state index contributed by atoms with van der Waals surface area (Å²) in [6.45, 7) is 4.66. The summed E-state index contributed by atoms with van der Waals surface area (Å²) in [6.07, 6.45) is 2.06. The van der Waals surface area contributed by atoms with Crippen LogP contribution in [-0.2, 0) is 10.8 Å². The molecule has 0 aliphatic rings. The summed E-state index contributed by atoms with van der Waals surface area (Å²) < 4.78 is 17.4. The Morgan fingerprint density at radius 2 is 2.06 bits per heavy atom. The van der Waals surface area contributed by atoms with Gasteiger partial charge in [0.05, 0.1) is 6.61 Å². The van der Waals surface area contributed by atoms with Gasteiger partial charge in [0.25, 0.3) is 0 Å². The molecule has 0 aliphatic heterocycles. The molecule has 1 aromatic rings. The fourth-order valence-corrected chi connectivity index (χ4v) is 3.11.